The van der Waals surface area contributed by atoms with Gasteiger partial charge in [-0.1, -0.05) is 32.9 Å². The Morgan fingerprint density at radius 2 is 2.14 bits per heavy atom. The summed E-state index contributed by atoms with van der Waals surface area (Å²) in [6, 6.07) is 0.322. The Kier molecular flexibility index (Phi) is 3.35. The molecule has 0 aliphatic heterocycles. The molecule has 0 radical (unpaired) electrons. The molecule has 1 rings (SSSR count). The lowest BCUT2D eigenvalue weighted by molar-refractivity contribution is -0.129. The maximum absolute atomic E-state index is 11.7. The van der Waals surface area contributed by atoms with Gasteiger partial charge >= 0.3 is 0 Å². The molecule has 80 valence electrons. The summed E-state index contributed by atoms with van der Waals surface area (Å²) in [6.45, 7) is 9.82. The number of nitrogens with one attached hydrogen (secondary N) is 1. The van der Waals surface area contributed by atoms with E-state index in [-0.39, 0.29) is 11.3 Å². The highest BCUT2D eigenvalue weighted by molar-refractivity contribution is 5.81. The lowest BCUT2D eigenvalue weighted by atomic mass is 9.89. The largest absolute Gasteiger partial charge is 0.353 e. The van der Waals surface area contributed by atoms with Crippen LogP contribution in [0.25, 0.3) is 0 Å². The topological polar surface area (TPSA) is 29.1 Å². The summed E-state index contributed by atoms with van der Waals surface area (Å²) in [5, 5.41) is 3.09. The third-order valence-corrected chi connectivity index (χ3v) is 2.63. The Morgan fingerprint density at radius 3 is 2.64 bits per heavy atom. The van der Waals surface area contributed by atoms with Gasteiger partial charge in [-0.05, 0) is 25.7 Å². The van der Waals surface area contributed by atoms with E-state index in [4.69, 9.17) is 0 Å². The molecule has 0 aromatic heterocycles. The molecular formula is C12H21NO. The van der Waals surface area contributed by atoms with Crippen LogP contribution in [0.2, 0.25) is 0 Å². The third-order valence-electron chi connectivity index (χ3n) is 2.63. The second-order valence-electron chi connectivity index (χ2n) is 5.27. The zero-order chi connectivity index (χ0) is 10.8. The normalized spacial score (nSPS) is 23.4. The molecule has 0 unspecified atom stereocenters. The van der Waals surface area contributed by atoms with E-state index in [1.807, 2.05) is 20.8 Å². The van der Waals surface area contributed by atoms with Crippen LogP contribution in [0.15, 0.2) is 12.2 Å². The molecule has 2 nitrogen and oxygen atoms in total. The monoisotopic (exact) mass is 195 g/mol. The van der Waals surface area contributed by atoms with Crippen LogP contribution in [0.3, 0.4) is 0 Å². The Bertz CT molecular complexity index is 237. The standard InChI is InChI=1S/C12H21NO/c1-9-6-5-7-10(8-9)13-11(14)12(2,3)4/h10H,1,5-8H2,2-4H3,(H,13,14)/t10-/m1/s1. The summed E-state index contributed by atoms with van der Waals surface area (Å²) < 4.78 is 0. The van der Waals surface area contributed by atoms with Gasteiger partial charge in [0.2, 0.25) is 5.91 Å². The molecule has 14 heavy (non-hydrogen) atoms. The van der Waals surface area contributed by atoms with Gasteiger partial charge in [0, 0.05) is 11.5 Å². The van der Waals surface area contributed by atoms with E-state index in [0.717, 1.165) is 25.7 Å². The summed E-state index contributed by atoms with van der Waals surface area (Å²) >= 11 is 0. The van der Waals surface area contributed by atoms with Gasteiger partial charge in [0.05, 0.1) is 0 Å². The van der Waals surface area contributed by atoms with Gasteiger partial charge in [0.25, 0.3) is 0 Å². The van der Waals surface area contributed by atoms with Crippen LogP contribution in [-0.2, 0) is 4.79 Å². The minimum Gasteiger partial charge on any atom is -0.353 e. The van der Waals surface area contributed by atoms with Gasteiger partial charge in [-0.3, -0.25) is 4.79 Å². The van der Waals surface area contributed by atoms with Crippen molar-refractivity contribution in [3.63, 3.8) is 0 Å². The van der Waals surface area contributed by atoms with Crippen molar-refractivity contribution in [3.05, 3.63) is 12.2 Å². The Balaban J connectivity index is 2.44. The van der Waals surface area contributed by atoms with Crippen molar-refractivity contribution in [2.75, 3.05) is 0 Å². The van der Waals surface area contributed by atoms with E-state index in [9.17, 15) is 4.79 Å². The van der Waals surface area contributed by atoms with Crippen LogP contribution < -0.4 is 5.32 Å². The third kappa shape index (κ3) is 3.17. The van der Waals surface area contributed by atoms with E-state index in [2.05, 4.69) is 11.9 Å². The molecular weight excluding hydrogens is 174 g/mol. The molecule has 0 saturated heterocycles. The van der Waals surface area contributed by atoms with Gasteiger partial charge in [-0.2, -0.15) is 0 Å². The van der Waals surface area contributed by atoms with E-state index in [0.29, 0.717) is 6.04 Å². The van der Waals surface area contributed by atoms with Crippen LogP contribution in [-0.4, -0.2) is 11.9 Å². The van der Waals surface area contributed by atoms with E-state index >= 15 is 0 Å². The Labute approximate surface area is 86.8 Å². The van der Waals surface area contributed by atoms with E-state index in [1.54, 1.807) is 0 Å². The molecule has 1 N–H and O–H groups in total. The van der Waals surface area contributed by atoms with Gasteiger partial charge in [-0.25, -0.2) is 0 Å². The van der Waals surface area contributed by atoms with Crippen molar-refractivity contribution in [1.29, 1.82) is 0 Å². The van der Waals surface area contributed by atoms with Crippen LogP contribution in [0.4, 0.5) is 0 Å². The zero-order valence-corrected chi connectivity index (χ0v) is 9.52. The molecule has 1 saturated carbocycles. The van der Waals surface area contributed by atoms with Gasteiger partial charge < -0.3 is 5.32 Å². The summed E-state index contributed by atoms with van der Waals surface area (Å²) in [4.78, 5) is 11.7. The average molecular weight is 195 g/mol. The first-order valence-electron chi connectivity index (χ1n) is 5.37. The van der Waals surface area contributed by atoms with Crippen molar-refractivity contribution in [2.24, 2.45) is 5.41 Å². The molecule has 0 heterocycles. The summed E-state index contributed by atoms with van der Waals surface area (Å²) in [5.41, 5.74) is 0.995. The molecule has 1 aliphatic rings. The zero-order valence-electron chi connectivity index (χ0n) is 9.52. The minimum atomic E-state index is -0.279. The number of carbonyl (C=O) groups is 1. The molecule has 1 atom stereocenters. The molecule has 1 aliphatic carbocycles. The first kappa shape index (κ1) is 11.3. The molecule has 0 spiro atoms. The number of carbonyl (C=O) groups excluding carboxylic acids is 1. The number of hydrogen-bond donors (Lipinski definition) is 1. The predicted molar refractivity (Wildman–Crippen MR) is 59.0 cm³/mol. The fourth-order valence-electron chi connectivity index (χ4n) is 1.68. The number of hydrogen-bond acceptors (Lipinski definition) is 1. The van der Waals surface area contributed by atoms with Gasteiger partial charge in [0.1, 0.15) is 0 Å². The molecule has 0 aromatic rings. The molecule has 0 aromatic carbocycles. The highest BCUT2D eigenvalue weighted by Gasteiger charge is 2.25. The maximum Gasteiger partial charge on any atom is 0.225 e. The fourth-order valence-corrected chi connectivity index (χ4v) is 1.68. The second kappa shape index (κ2) is 4.16. The molecule has 1 fully saturated rings. The Morgan fingerprint density at radius 1 is 1.50 bits per heavy atom. The first-order valence-corrected chi connectivity index (χ1v) is 5.37. The maximum atomic E-state index is 11.7. The predicted octanol–water partition coefficient (Wildman–Crippen LogP) is 2.65. The molecule has 2 heteroatoms. The van der Waals surface area contributed by atoms with Crippen molar-refractivity contribution in [3.8, 4) is 0 Å². The summed E-state index contributed by atoms with van der Waals surface area (Å²) in [7, 11) is 0. The van der Waals surface area contributed by atoms with Gasteiger partial charge in [-0.15, -0.1) is 0 Å². The summed E-state index contributed by atoms with van der Waals surface area (Å²) in [6.07, 6.45) is 4.35. The SMILES string of the molecule is C=C1CCC[C@@H](NC(=O)C(C)(C)C)C1. The number of amides is 1. The number of rotatable bonds is 1. The highest BCUT2D eigenvalue weighted by Crippen LogP contribution is 2.23. The lowest BCUT2D eigenvalue weighted by Crippen LogP contribution is -2.42. The molecule has 1 amide bonds. The van der Waals surface area contributed by atoms with Crippen LogP contribution in [0.5, 0.6) is 0 Å². The van der Waals surface area contributed by atoms with Crippen LogP contribution >= 0.6 is 0 Å². The van der Waals surface area contributed by atoms with Gasteiger partial charge in [0.15, 0.2) is 0 Å². The fraction of sp³-hybridized carbons (Fsp3) is 0.750. The highest BCUT2D eigenvalue weighted by atomic mass is 16.2. The van der Waals surface area contributed by atoms with Crippen molar-refractivity contribution in [2.45, 2.75) is 52.5 Å². The molecule has 0 bridgehead atoms. The van der Waals surface area contributed by atoms with E-state index in [1.165, 1.54) is 5.57 Å². The smallest absolute Gasteiger partial charge is 0.225 e. The van der Waals surface area contributed by atoms with Crippen LogP contribution in [0, 0.1) is 5.41 Å². The second-order valence-corrected chi connectivity index (χ2v) is 5.27. The lowest BCUT2D eigenvalue weighted by Gasteiger charge is -2.28. The first-order chi connectivity index (χ1) is 6.39. The van der Waals surface area contributed by atoms with E-state index < -0.39 is 0 Å². The minimum absolute atomic E-state index is 0.150. The van der Waals surface area contributed by atoms with Crippen molar-refractivity contribution < 1.29 is 4.79 Å². The van der Waals surface area contributed by atoms with Crippen LogP contribution in [0.1, 0.15) is 46.5 Å². The van der Waals surface area contributed by atoms with Crippen molar-refractivity contribution in [1.82, 2.24) is 5.32 Å². The summed E-state index contributed by atoms with van der Waals surface area (Å²) in [5.74, 6) is 0.150. The quantitative estimate of drug-likeness (QED) is 0.640. The Hall–Kier alpha value is -0.790. The average Bonchev–Trinajstić information content (AvgIpc) is 2.02. The van der Waals surface area contributed by atoms with Crippen molar-refractivity contribution >= 4 is 5.91 Å².